The van der Waals surface area contributed by atoms with E-state index in [9.17, 15) is 0 Å². The van der Waals surface area contributed by atoms with E-state index in [0.717, 1.165) is 61.9 Å². The summed E-state index contributed by atoms with van der Waals surface area (Å²) in [5, 5.41) is 13.2. The smallest absolute Gasteiger partial charge is 0.173 e. The zero-order chi connectivity index (χ0) is 23.3. The number of tetrazole rings is 1. The van der Waals surface area contributed by atoms with E-state index in [-0.39, 0.29) is 6.04 Å². The number of hydrogen-bond donors (Lipinski definition) is 0. The van der Waals surface area contributed by atoms with Crippen molar-refractivity contribution in [2.45, 2.75) is 44.2 Å². The van der Waals surface area contributed by atoms with Gasteiger partial charge in [0.2, 0.25) is 0 Å². The van der Waals surface area contributed by atoms with Crippen molar-refractivity contribution >= 4 is 5.69 Å². The largest absolute Gasteiger partial charge is 0.493 e. The summed E-state index contributed by atoms with van der Waals surface area (Å²) in [5.41, 5.74) is 2.31. The summed E-state index contributed by atoms with van der Waals surface area (Å²) >= 11 is 0. The molecule has 1 aliphatic heterocycles. The number of rotatable bonds is 7. The van der Waals surface area contributed by atoms with Gasteiger partial charge in [0, 0.05) is 37.4 Å². The average Bonchev–Trinajstić information content (AvgIpc) is 3.39. The van der Waals surface area contributed by atoms with Crippen molar-refractivity contribution in [3.05, 3.63) is 59.9 Å². The Morgan fingerprint density at radius 1 is 0.853 bits per heavy atom. The van der Waals surface area contributed by atoms with Crippen molar-refractivity contribution in [3.63, 3.8) is 0 Å². The van der Waals surface area contributed by atoms with E-state index in [1.165, 1.54) is 24.9 Å². The molecule has 0 N–H and O–H groups in total. The summed E-state index contributed by atoms with van der Waals surface area (Å²) in [5.74, 6) is 2.37. The molecule has 1 aromatic heterocycles. The second-order valence-electron chi connectivity index (χ2n) is 9.12. The molecule has 2 aromatic carbocycles. The van der Waals surface area contributed by atoms with Gasteiger partial charge >= 0.3 is 0 Å². The van der Waals surface area contributed by atoms with Gasteiger partial charge in [0.15, 0.2) is 17.3 Å². The third kappa shape index (κ3) is 4.46. The second-order valence-corrected chi connectivity index (χ2v) is 9.12. The Labute approximate surface area is 201 Å². The van der Waals surface area contributed by atoms with Crippen LogP contribution in [0.15, 0.2) is 48.5 Å². The fourth-order valence-electron chi connectivity index (χ4n) is 5.47. The number of methoxy groups -OCH3 is 2. The SMILES string of the molecule is COc1cccc([C@H](c2nnnn2C2CCCCC2)N2CCN(c3ccccc3)CC2)c1OC. The quantitative estimate of drug-likeness (QED) is 0.523. The van der Waals surface area contributed by atoms with Crippen molar-refractivity contribution in [1.29, 1.82) is 0 Å². The zero-order valence-corrected chi connectivity index (χ0v) is 20.1. The fraction of sp³-hybridized carbons (Fsp3) is 0.500. The minimum atomic E-state index is -0.111. The molecule has 1 atom stereocenters. The molecule has 3 aromatic rings. The van der Waals surface area contributed by atoms with Gasteiger partial charge in [-0.15, -0.1) is 5.10 Å². The predicted octanol–water partition coefficient (Wildman–Crippen LogP) is 4.11. The molecule has 34 heavy (non-hydrogen) atoms. The molecule has 1 saturated heterocycles. The Morgan fingerprint density at radius 2 is 1.62 bits per heavy atom. The molecule has 0 unspecified atom stereocenters. The van der Waals surface area contributed by atoms with Gasteiger partial charge in [0.25, 0.3) is 0 Å². The van der Waals surface area contributed by atoms with Crippen LogP contribution in [0.5, 0.6) is 11.5 Å². The molecule has 2 aliphatic rings. The molecule has 1 aliphatic carbocycles. The minimum absolute atomic E-state index is 0.111. The van der Waals surface area contributed by atoms with E-state index < -0.39 is 0 Å². The van der Waals surface area contributed by atoms with Crippen LogP contribution in [0.1, 0.15) is 55.6 Å². The van der Waals surface area contributed by atoms with E-state index in [1.807, 2.05) is 12.1 Å². The van der Waals surface area contributed by atoms with E-state index in [1.54, 1.807) is 14.2 Å². The maximum atomic E-state index is 5.87. The molecule has 8 heteroatoms. The predicted molar refractivity (Wildman–Crippen MR) is 132 cm³/mol. The number of benzene rings is 2. The van der Waals surface area contributed by atoms with Crippen LogP contribution >= 0.6 is 0 Å². The lowest BCUT2D eigenvalue weighted by Crippen LogP contribution is -2.48. The summed E-state index contributed by atoms with van der Waals surface area (Å²) < 4.78 is 13.6. The van der Waals surface area contributed by atoms with Crippen molar-refractivity contribution < 1.29 is 9.47 Å². The highest BCUT2D eigenvalue weighted by Crippen LogP contribution is 2.41. The van der Waals surface area contributed by atoms with Crippen molar-refractivity contribution in [1.82, 2.24) is 25.1 Å². The second kappa shape index (κ2) is 10.4. The van der Waals surface area contributed by atoms with Crippen LogP contribution in [0, 0.1) is 0 Å². The lowest BCUT2D eigenvalue weighted by atomic mass is 9.94. The molecule has 0 spiro atoms. The highest BCUT2D eigenvalue weighted by atomic mass is 16.5. The van der Waals surface area contributed by atoms with Gasteiger partial charge in [-0.1, -0.05) is 49.6 Å². The molecule has 0 bridgehead atoms. The average molecular weight is 463 g/mol. The summed E-state index contributed by atoms with van der Waals surface area (Å²) in [7, 11) is 3.39. The van der Waals surface area contributed by atoms with Crippen LogP contribution in [0.4, 0.5) is 5.69 Å². The molecule has 8 nitrogen and oxygen atoms in total. The van der Waals surface area contributed by atoms with Gasteiger partial charge in [0.05, 0.1) is 20.3 Å². The Kier molecular flexibility index (Phi) is 6.94. The van der Waals surface area contributed by atoms with Crippen molar-refractivity contribution in [3.8, 4) is 11.5 Å². The molecule has 2 fully saturated rings. The number of hydrogen-bond acceptors (Lipinski definition) is 7. The van der Waals surface area contributed by atoms with Crippen LogP contribution in [0.25, 0.3) is 0 Å². The highest BCUT2D eigenvalue weighted by Gasteiger charge is 2.35. The molecule has 1 saturated carbocycles. The molecule has 180 valence electrons. The maximum absolute atomic E-state index is 5.87. The number of ether oxygens (including phenoxy) is 2. The van der Waals surface area contributed by atoms with Crippen LogP contribution in [0.3, 0.4) is 0 Å². The Morgan fingerprint density at radius 3 is 2.32 bits per heavy atom. The molecule has 0 amide bonds. The molecule has 2 heterocycles. The lowest BCUT2D eigenvalue weighted by molar-refractivity contribution is 0.190. The Hall–Kier alpha value is -3.13. The summed E-state index contributed by atoms with van der Waals surface area (Å²) in [6.45, 7) is 3.69. The fourth-order valence-corrected chi connectivity index (χ4v) is 5.47. The van der Waals surface area contributed by atoms with Gasteiger partial charge < -0.3 is 14.4 Å². The van der Waals surface area contributed by atoms with Gasteiger partial charge in [-0.05, 0) is 41.5 Å². The monoisotopic (exact) mass is 462 g/mol. The zero-order valence-electron chi connectivity index (χ0n) is 20.1. The third-order valence-electron chi connectivity index (χ3n) is 7.21. The number of para-hydroxylation sites is 2. The van der Waals surface area contributed by atoms with Crippen LogP contribution in [0.2, 0.25) is 0 Å². The molecule has 0 radical (unpaired) electrons. The topological polar surface area (TPSA) is 68.5 Å². The Balaban J connectivity index is 1.50. The van der Waals surface area contributed by atoms with Crippen LogP contribution in [-0.2, 0) is 0 Å². The van der Waals surface area contributed by atoms with Crippen LogP contribution in [-0.4, -0.2) is 65.5 Å². The minimum Gasteiger partial charge on any atom is -0.493 e. The maximum Gasteiger partial charge on any atom is 0.173 e. The first kappa shape index (κ1) is 22.7. The molecule has 5 rings (SSSR count). The number of anilines is 1. The first-order valence-corrected chi connectivity index (χ1v) is 12.3. The summed E-state index contributed by atoms with van der Waals surface area (Å²) in [6.07, 6.45) is 6.01. The third-order valence-corrected chi connectivity index (χ3v) is 7.21. The standard InChI is InChI=1S/C26H34N6O2/c1-33-23-15-9-14-22(25(23)34-2)24(26-27-28-29-32(26)21-12-7-4-8-13-21)31-18-16-30(17-19-31)20-10-5-3-6-11-20/h3,5-6,9-11,14-15,21,24H,4,7-8,12-13,16-19H2,1-2H3/t24-/m1/s1. The molecular formula is C26H34N6O2. The van der Waals surface area contributed by atoms with Gasteiger partial charge in [-0.3, -0.25) is 4.90 Å². The van der Waals surface area contributed by atoms with Crippen molar-refractivity contribution in [2.24, 2.45) is 0 Å². The first-order chi connectivity index (χ1) is 16.8. The van der Waals surface area contributed by atoms with E-state index in [0.29, 0.717) is 6.04 Å². The molecular weight excluding hydrogens is 428 g/mol. The number of piperazine rings is 1. The van der Waals surface area contributed by atoms with E-state index in [2.05, 4.69) is 66.4 Å². The summed E-state index contributed by atoms with van der Waals surface area (Å²) in [6, 6.07) is 17.0. The number of aromatic nitrogens is 4. The van der Waals surface area contributed by atoms with Gasteiger partial charge in [0.1, 0.15) is 6.04 Å². The van der Waals surface area contributed by atoms with E-state index in [4.69, 9.17) is 9.47 Å². The highest BCUT2D eigenvalue weighted by molar-refractivity contribution is 5.50. The lowest BCUT2D eigenvalue weighted by Gasteiger charge is -2.40. The summed E-state index contributed by atoms with van der Waals surface area (Å²) in [4.78, 5) is 4.93. The number of nitrogens with zero attached hydrogens (tertiary/aromatic N) is 6. The van der Waals surface area contributed by atoms with E-state index >= 15 is 0 Å². The van der Waals surface area contributed by atoms with Gasteiger partial charge in [-0.25, -0.2) is 4.68 Å². The Bertz CT molecular complexity index is 1060. The van der Waals surface area contributed by atoms with Gasteiger partial charge in [-0.2, -0.15) is 0 Å². The first-order valence-electron chi connectivity index (χ1n) is 12.3. The normalized spacial score (nSPS) is 18.6. The van der Waals surface area contributed by atoms with Crippen LogP contribution < -0.4 is 14.4 Å². The van der Waals surface area contributed by atoms with Crippen molar-refractivity contribution in [2.75, 3.05) is 45.3 Å².